The summed E-state index contributed by atoms with van der Waals surface area (Å²) in [7, 11) is 0. The summed E-state index contributed by atoms with van der Waals surface area (Å²) in [6.07, 6.45) is 2.71. The minimum atomic E-state index is -1.05. The average molecular weight is 240 g/mol. The summed E-state index contributed by atoms with van der Waals surface area (Å²) in [6, 6.07) is -0.932. The number of carbonyl (C=O) groups is 2. The lowest BCUT2D eigenvalue weighted by Crippen LogP contribution is -2.50. The van der Waals surface area contributed by atoms with Crippen LogP contribution in [0.3, 0.4) is 0 Å². The first-order chi connectivity index (χ1) is 7.80. The number of amides is 1. The van der Waals surface area contributed by atoms with Crippen molar-refractivity contribution in [3.63, 3.8) is 0 Å². The third-order valence-corrected chi connectivity index (χ3v) is 2.19. The first kappa shape index (κ1) is 13.1. The smallest absolute Gasteiger partial charge is 0.326 e. The van der Waals surface area contributed by atoms with Gasteiger partial charge in [-0.25, -0.2) is 14.5 Å². The Morgan fingerprint density at radius 1 is 1.47 bits per heavy atom. The zero-order valence-corrected chi connectivity index (χ0v) is 10.0. The van der Waals surface area contributed by atoms with Gasteiger partial charge < -0.3 is 10.4 Å². The monoisotopic (exact) mass is 240 g/mol. The van der Waals surface area contributed by atoms with E-state index in [4.69, 9.17) is 5.11 Å². The summed E-state index contributed by atoms with van der Waals surface area (Å²) in [5, 5.41) is 15.3. The minimum absolute atomic E-state index is 0.0418. The molecule has 0 fully saturated rings. The number of hydrogen-bond acceptors (Lipinski definition) is 4. The molecule has 0 bridgehead atoms. The first-order valence-corrected chi connectivity index (χ1v) is 5.15. The Bertz CT molecular complexity index is 394. The highest BCUT2D eigenvalue weighted by atomic mass is 16.4. The Kier molecular flexibility index (Phi) is 3.82. The van der Waals surface area contributed by atoms with Crippen LogP contribution >= 0.6 is 0 Å². The van der Waals surface area contributed by atoms with E-state index < -0.39 is 23.3 Å². The molecule has 0 aromatic carbocycles. The Hall–Kier alpha value is -1.92. The number of aromatic nitrogens is 3. The number of rotatable bonds is 4. The van der Waals surface area contributed by atoms with E-state index in [-0.39, 0.29) is 6.54 Å². The van der Waals surface area contributed by atoms with Crippen LogP contribution < -0.4 is 5.32 Å². The molecule has 1 aromatic heterocycles. The van der Waals surface area contributed by atoms with E-state index in [9.17, 15) is 9.59 Å². The molecule has 17 heavy (non-hydrogen) atoms. The van der Waals surface area contributed by atoms with E-state index in [0.29, 0.717) is 0 Å². The molecule has 2 N–H and O–H groups in total. The van der Waals surface area contributed by atoms with Crippen LogP contribution in [-0.2, 0) is 16.1 Å². The van der Waals surface area contributed by atoms with Gasteiger partial charge in [0.25, 0.3) is 0 Å². The summed E-state index contributed by atoms with van der Waals surface area (Å²) >= 11 is 0. The number of carbonyl (C=O) groups excluding carboxylic acids is 1. The Morgan fingerprint density at radius 3 is 2.53 bits per heavy atom. The number of nitrogens with one attached hydrogen (secondary N) is 1. The molecule has 1 amide bonds. The van der Waals surface area contributed by atoms with Crippen LogP contribution in [0.4, 0.5) is 0 Å². The molecule has 1 rings (SSSR count). The maximum atomic E-state index is 11.6. The fourth-order valence-electron chi connectivity index (χ4n) is 1.32. The fraction of sp³-hybridized carbons (Fsp3) is 0.600. The van der Waals surface area contributed by atoms with Crippen molar-refractivity contribution in [1.82, 2.24) is 20.1 Å². The van der Waals surface area contributed by atoms with Crippen molar-refractivity contribution in [1.29, 1.82) is 0 Å². The maximum Gasteiger partial charge on any atom is 0.326 e. The van der Waals surface area contributed by atoms with Gasteiger partial charge in [0.2, 0.25) is 5.91 Å². The Balaban J connectivity index is 2.62. The van der Waals surface area contributed by atoms with Gasteiger partial charge in [0.1, 0.15) is 25.2 Å². The van der Waals surface area contributed by atoms with Gasteiger partial charge in [-0.3, -0.25) is 4.79 Å². The zero-order valence-electron chi connectivity index (χ0n) is 10.0. The highest BCUT2D eigenvalue weighted by Gasteiger charge is 2.32. The molecular weight excluding hydrogens is 224 g/mol. The van der Waals surface area contributed by atoms with Gasteiger partial charge in [-0.15, -0.1) is 0 Å². The van der Waals surface area contributed by atoms with Crippen LogP contribution in [0.2, 0.25) is 0 Å². The van der Waals surface area contributed by atoms with Crippen molar-refractivity contribution in [2.24, 2.45) is 5.41 Å². The van der Waals surface area contributed by atoms with Crippen LogP contribution in [0.25, 0.3) is 0 Å². The normalized spacial score (nSPS) is 13.1. The van der Waals surface area contributed by atoms with Crippen molar-refractivity contribution < 1.29 is 14.7 Å². The molecule has 0 spiro atoms. The Labute approximate surface area is 98.8 Å². The first-order valence-electron chi connectivity index (χ1n) is 5.15. The molecule has 1 aromatic rings. The number of carboxylic acid groups (broad SMARTS) is 1. The molecule has 1 heterocycles. The van der Waals surface area contributed by atoms with E-state index in [1.807, 2.05) is 0 Å². The van der Waals surface area contributed by atoms with Crippen LogP contribution in [0.15, 0.2) is 12.7 Å². The maximum absolute atomic E-state index is 11.6. The number of aliphatic carboxylic acids is 1. The second-order valence-electron chi connectivity index (χ2n) is 4.80. The predicted octanol–water partition coefficient (Wildman–Crippen LogP) is -0.106. The van der Waals surface area contributed by atoms with Gasteiger partial charge in [-0.2, -0.15) is 5.10 Å². The Morgan fingerprint density at radius 2 is 2.12 bits per heavy atom. The summed E-state index contributed by atoms with van der Waals surface area (Å²) < 4.78 is 1.33. The summed E-state index contributed by atoms with van der Waals surface area (Å²) in [6.45, 7) is 5.21. The molecule has 0 aliphatic rings. The van der Waals surface area contributed by atoms with Crippen LogP contribution in [0, 0.1) is 5.41 Å². The fourth-order valence-corrected chi connectivity index (χ4v) is 1.32. The molecule has 94 valence electrons. The van der Waals surface area contributed by atoms with Gasteiger partial charge in [0.15, 0.2) is 0 Å². The van der Waals surface area contributed by atoms with E-state index in [1.165, 1.54) is 17.3 Å². The molecule has 0 saturated heterocycles. The minimum Gasteiger partial charge on any atom is -0.480 e. The topological polar surface area (TPSA) is 97.1 Å². The second kappa shape index (κ2) is 4.94. The lowest BCUT2D eigenvalue weighted by molar-refractivity contribution is -0.145. The third kappa shape index (κ3) is 3.86. The third-order valence-electron chi connectivity index (χ3n) is 2.19. The van der Waals surface area contributed by atoms with Crippen molar-refractivity contribution in [2.75, 3.05) is 0 Å². The van der Waals surface area contributed by atoms with E-state index in [2.05, 4.69) is 15.4 Å². The van der Waals surface area contributed by atoms with Crippen LogP contribution in [0.5, 0.6) is 0 Å². The lowest BCUT2D eigenvalue weighted by Gasteiger charge is -2.27. The van der Waals surface area contributed by atoms with Crippen LogP contribution in [-0.4, -0.2) is 37.8 Å². The van der Waals surface area contributed by atoms with E-state index in [1.54, 1.807) is 20.8 Å². The highest BCUT2D eigenvalue weighted by Crippen LogP contribution is 2.19. The van der Waals surface area contributed by atoms with Crippen molar-refractivity contribution >= 4 is 11.9 Å². The summed E-state index contributed by atoms with van der Waals surface area (Å²) in [4.78, 5) is 26.3. The van der Waals surface area contributed by atoms with Gasteiger partial charge >= 0.3 is 5.97 Å². The summed E-state index contributed by atoms with van der Waals surface area (Å²) in [5.41, 5.74) is -0.552. The SMILES string of the molecule is CC(C)(C)[C@H](NC(=O)Cn1cncn1)C(=O)O. The zero-order chi connectivity index (χ0) is 13.1. The molecule has 0 unspecified atom stereocenters. The molecule has 0 aliphatic carbocycles. The molecule has 1 atom stereocenters. The number of hydrogen-bond donors (Lipinski definition) is 2. The molecule has 0 saturated carbocycles. The standard InChI is InChI=1S/C10H16N4O3/c1-10(2,3)8(9(16)17)13-7(15)4-14-6-11-5-12-14/h5-6,8H,4H2,1-3H3,(H,13,15)(H,16,17)/t8-/m1/s1. The van der Waals surface area contributed by atoms with Gasteiger partial charge in [0.05, 0.1) is 0 Å². The number of nitrogens with zero attached hydrogens (tertiary/aromatic N) is 3. The highest BCUT2D eigenvalue weighted by molar-refractivity contribution is 5.83. The average Bonchev–Trinajstić information content (AvgIpc) is 2.64. The predicted molar refractivity (Wildman–Crippen MR) is 59.0 cm³/mol. The van der Waals surface area contributed by atoms with Gasteiger partial charge in [0, 0.05) is 0 Å². The van der Waals surface area contributed by atoms with Crippen molar-refractivity contribution in [2.45, 2.75) is 33.4 Å². The summed E-state index contributed by atoms with van der Waals surface area (Å²) in [5.74, 6) is -1.46. The molecule has 7 nitrogen and oxygen atoms in total. The molecular formula is C10H16N4O3. The van der Waals surface area contributed by atoms with Crippen LogP contribution in [0.1, 0.15) is 20.8 Å². The lowest BCUT2D eigenvalue weighted by atomic mass is 9.87. The van der Waals surface area contributed by atoms with Gasteiger partial charge in [-0.05, 0) is 5.41 Å². The molecule has 0 aliphatic heterocycles. The van der Waals surface area contributed by atoms with Gasteiger partial charge in [-0.1, -0.05) is 20.8 Å². The largest absolute Gasteiger partial charge is 0.480 e. The molecule has 0 radical (unpaired) electrons. The number of carboxylic acids is 1. The molecule has 7 heteroatoms. The quantitative estimate of drug-likeness (QED) is 0.765. The van der Waals surface area contributed by atoms with Crippen molar-refractivity contribution in [3.05, 3.63) is 12.7 Å². The second-order valence-corrected chi connectivity index (χ2v) is 4.80. The van der Waals surface area contributed by atoms with E-state index in [0.717, 1.165) is 0 Å². The van der Waals surface area contributed by atoms with Crippen molar-refractivity contribution in [3.8, 4) is 0 Å². The van der Waals surface area contributed by atoms with E-state index >= 15 is 0 Å².